The van der Waals surface area contributed by atoms with E-state index >= 15 is 0 Å². The Hall–Kier alpha value is -1.42. The molecule has 0 spiro atoms. The van der Waals surface area contributed by atoms with Gasteiger partial charge in [0.05, 0.1) is 0 Å². The fraction of sp³-hybridized carbons (Fsp3) is 0.250. The Morgan fingerprint density at radius 2 is 2.33 bits per heavy atom. The van der Waals surface area contributed by atoms with E-state index in [-0.39, 0.29) is 5.69 Å². The van der Waals surface area contributed by atoms with Crippen LogP contribution in [-0.2, 0) is 6.42 Å². The molecule has 4 heteroatoms. The van der Waals surface area contributed by atoms with Crippen LogP contribution in [0.2, 0.25) is 0 Å². The van der Waals surface area contributed by atoms with Gasteiger partial charge < -0.3 is 10.8 Å². The molecule has 0 aromatic carbocycles. The number of rotatable bonds is 3. The second-order valence-electron chi connectivity index (χ2n) is 2.36. The molecule has 64 valence electrons. The number of pyridine rings is 1. The zero-order valence-corrected chi connectivity index (χ0v) is 6.53. The Balaban J connectivity index is 2.88. The third-order valence-corrected chi connectivity index (χ3v) is 1.43. The van der Waals surface area contributed by atoms with E-state index in [4.69, 9.17) is 10.8 Å². The second-order valence-corrected chi connectivity index (χ2v) is 2.36. The first kappa shape index (κ1) is 8.67. The molecule has 0 radical (unpaired) electrons. The summed E-state index contributed by atoms with van der Waals surface area (Å²) in [5.74, 6) is -1.01. The first-order valence-corrected chi connectivity index (χ1v) is 3.63. The van der Waals surface area contributed by atoms with E-state index in [9.17, 15) is 4.79 Å². The number of hydrogen-bond donors (Lipinski definition) is 2. The largest absolute Gasteiger partial charge is 0.477 e. The van der Waals surface area contributed by atoms with E-state index in [1.54, 1.807) is 12.1 Å². The number of aromatic carboxylic acids is 1. The third-order valence-electron chi connectivity index (χ3n) is 1.43. The molecule has 3 N–H and O–H groups in total. The summed E-state index contributed by atoms with van der Waals surface area (Å²) in [7, 11) is 0. The highest BCUT2D eigenvalue weighted by Gasteiger charge is 2.03. The molecule has 1 aromatic heterocycles. The lowest BCUT2D eigenvalue weighted by atomic mass is 10.2. The van der Waals surface area contributed by atoms with E-state index < -0.39 is 5.97 Å². The van der Waals surface area contributed by atoms with Crippen LogP contribution in [0.25, 0.3) is 0 Å². The van der Waals surface area contributed by atoms with Crippen molar-refractivity contribution in [2.45, 2.75) is 6.42 Å². The lowest BCUT2D eigenvalue weighted by Crippen LogP contribution is -2.07. The number of aromatic nitrogens is 1. The van der Waals surface area contributed by atoms with Crippen molar-refractivity contribution in [1.29, 1.82) is 0 Å². The number of nitrogens with zero attached hydrogens (tertiary/aromatic N) is 1. The van der Waals surface area contributed by atoms with Crippen LogP contribution in [0, 0.1) is 0 Å². The lowest BCUT2D eigenvalue weighted by molar-refractivity contribution is 0.0690. The summed E-state index contributed by atoms with van der Waals surface area (Å²) in [4.78, 5) is 14.3. The zero-order valence-electron chi connectivity index (χ0n) is 6.53. The monoisotopic (exact) mass is 166 g/mol. The highest BCUT2D eigenvalue weighted by molar-refractivity contribution is 5.85. The Labute approximate surface area is 70.0 Å². The summed E-state index contributed by atoms with van der Waals surface area (Å²) in [5, 5.41) is 8.58. The number of carboxylic acids is 1. The van der Waals surface area contributed by atoms with Crippen molar-refractivity contribution in [2.24, 2.45) is 5.73 Å². The zero-order chi connectivity index (χ0) is 8.97. The molecule has 0 aliphatic heterocycles. The van der Waals surface area contributed by atoms with E-state index in [0.29, 0.717) is 13.0 Å². The van der Waals surface area contributed by atoms with E-state index in [2.05, 4.69) is 4.98 Å². The quantitative estimate of drug-likeness (QED) is 0.676. The molecule has 1 aromatic rings. The minimum Gasteiger partial charge on any atom is -0.477 e. The second kappa shape index (κ2) is 3.82. The normalized spacial score (nSPS) is 9.75. The predicted molar refractivity (Wildman–Crippen MR) is 44.0 cm³/mol. The van der Waals surface area contributed by atoms with Gasteiger partial charge in [0, 0.05) is 12.1 Å². The molecule has 1 rings (SSSR count). The van der Waals surface area contributed by atoms with E-state index in [1.165, 1.54) is 6.07 Å². The van der Waals surface area contributed by atoms with E-state index in [1.807, 2.05) is 0 Å². The number of nitrogens with two attached hydrogens (primary N) is 1. The summed E-state index contributed by atoms with van der Waals surface area (Å²) in [6, 6.07) is 4.89. The Morgan fingerprint density at radius 1 is 1.58 bits per heavy atom. The number of hydrogen-bond acceptors (Lipinski definition) is 3. The lowest BCUT2D eigenvalue weighted by Gasteiger charge is -1.98. The fourth-order valence-corrected chi connectivity index (χ4v) is 0.886. The van der Waals surface area contributed by atoms with Gasteiger partial charge >= 0.3 is 5.97 Å². The number of carbonyl (C=O) groups is 1. The Kier molecular flexibility index (Phi) is 2.76. The Morgan fingerprint density at radius 3 is 2.92 bits per heavy atom. The molecule has 0 aliphatic carbocycles. The Bertz CT molecular complexity index is 286. The molecule has 4 nitrogen and oxygen atoms in total. The van der Waals surface area contributed by atoms with Crippen molar-refractivity contribution in [3.05, 3.63) is 29.6 Å². The molecule has 0 fully saturated rings. The minimum atomic E-state index is -1.01. The molecule has 0 atom stereocenters. The molecule has 0 aliphatic rings. The maximum absolute atomic E-state index is 10.5. The van der Waals surface area contributed by atoms with Crippen LogP contribution in [0.1, 0.15) is 16.2 Å². The third kappa shape index (κ3) is 2.03. The first-order valence-electron chi connectivity index (χ1n) is 3.63. The molecule has 0 saturated carbocycles. The van der Waals surface area contributed by atoms with Gasteiger partial charge in [0.2, 0.25) is 0 Å². The van der Waals surface area contributed by atoms with Crippen LogP contribution in [0.15, 0.2) is 18.2 Å². The van der Waals surface area contributed by atoms with Crippen LogP contribution >= 0.6 is 0 Å². The van der Waals surface area contributed by atoms with Gasteiger partial charge in [0.1, 0.15) is 5.69 Å². The molecule has 0 bridgehead atoms. The maximum Gasteiger partial charge on any atom is 0.354 e. The smallest absolute Gasteiger partial charge is 0.354 e. The highest BCUT2D eigenvalue weighted by Crippen LogP contribution is 1.99. The van der Waals surface area contributed by atoms with Gasteiger partial charge in [-0.1, -0.05) is 6.07 Å². The van der Waals surface area contributed by atoms with Crippen LogP contribution in [0.3, 0.4) is 0 Å². The minimum absolute atomic E-state index is 0.0703. The van der Waals surface area contributed by atoms with Gasteiger partial charge in [0.15, 0.2) is 0 Å². The summed E-state index contributed by atoms with van der Waals surface area (Å²) < 4.78 is 0. The van der Waals surface area contributed by atoms with Gasteiger partial charge in [-0.25, -0.2) is 9.78 Å². The van der Waals surface area contributed by atoms with Crippen LogP contribution in [-0.4, -0.2) is 22.6 Å². The van der Waals surface area contributed by atoms with Gasteiger partial charge in [-0.05, 0) is 18.7 Å². The summed E-state index contributed by atoms with van der Waals surface area (Å²) >= 11 is 0. The predicted octanol–water partition coefficient (Wildman–Crippen LogP) is 0.281. The summed E-state index contributed by atoms with van der Waals surface area (Å²) in [6.45, 7) is 0.482. The molecular formula is C8H10N2O2. The van der Waals surface area contributed by atoms with Gasteiger partial charge in [0.25, 0.3) is 0 Å². The van der Waals surface area contributed by atoms with Crippen LogP contribution < -0.4 is 5.73 Å². The average molecular weight is 166 g/mol. The van der Waals surface area contributed by atoms with Crippen LogP contribution in [0.5, 0.6) is 0 Å². The number of carboxylic acid groups (broad SMARTS) is 1. The van der Waals surface area contributed by atoms with Crippen molar-refractivity contribution in [3.8, 4) is 0 Å². The summed E-state index contributed by atoms with van der Waals surface area (Å²) in [6.07, 6.45) is 0.612. The average Bonchev–Trinajstić information content (AvgIpc) is 2.05. The molecule has 0 saturated heterocycles. The van der Waals surface area contributed by atoms with Crippen molar-refractivity contribution in [2.75, 3.05) is 6.54 Å². The maximum atomic E-state index is 10.5. The fourth-order valence-electron chi connectivity index (χ4n) is 0.886. The van der Waals surface area contributed by atoms with Crippen molar-refractivity contribution in [1.82, 2.24) is 4.98 Å². The topological polar surface area (TPSA) is 76.2 Å². The molecule has 0 unspecified atom stereocenters. The van der Waals surface area contributed by atoms with Crippen molar-refractivity contribution >= 4 is 5.97 Å². The highest BCUT2D eigenvalue weighted by atomic mass is 16.4. The van der Waals surface area contributed by atoms with Gasteiger partial charge in [-0.3, -0.25) is 0 Å². The molecule has 12 heavy (non-hydrogen) atoms. The van der Waals surface area contributed by atoms with Crippen LogP contribution in [0.4, 0.5) is 0 Å². The van der Waals surface area contributed by atoms with Gasteiger partial charge in [-0.2, -0.15) is 0 Å². The summed E-state index contributed by atoms with van der Waals surface area (Å²) in [5.41, 5.74) is 6.09. The standard InChI is InChI=1S/C8H10N2O2/c9-5-4-6-2-1-3-7(10-6)8(11)12/h1-3H,4-5,9H2,(H,11,12). The van der Waals surface area contributed by atoms with Gasteiger partial charge in [-0.15, -0.1) is 0 Å². The van der Waals surface area contributed by atoms with E-state index in [0.717, 1.165) is 5.69 Å². The molecule has 1 heterocycles. The molecule has 0 amide bonds. The SMILES string of the molecule is NCCc1cccc(C(=O)O)n1. The first-order chi connectivity index (χ1) is 5.74. The molecular weight excluding hydrogens is 156 g/mol. The van der Waals surface area contributed by atoms with Crippen molar-refractivity contribution < 1.29 is 9.90 Å². The van der Waals surface area contributed by atoms with Crippen molar-refractivity contribution in [3.63, 3.8) is 0 Å².